The average molecular weight is 425 g/mol. The number of hydrogen-bond acceptors (Lipinski definition) is 3. The van der Waals surface area contributed by atoms with Crippen molar-refractivity contribution in [1.29, 1.82) is 0 Å². The second kappa shape index (κ2) is 6.90. The van der Waals surface area contributed by atoms with Crippen molar-refractivity contribution in [3.8, 4) is 0 Å². The molecule has 4 aliphatic rings. The summed E-state index contributed by atoms with van der Waals surface area (Å²) < 4.78 is 14.2. The molecule has 0 aromatic heterocycles. The molecule has 30 heavy (non-hydrogen) atoms. The van der Waals surface area contributed by atoms with Gasteiger partial charge in [0.1, 0.15) is 0 Å². The van der Waals surface area contributed by atoms with Gasteiger partial charge in [-0.3, -0.25) is 0 Å². The molecular weight excluding hydrogens is 388 g/mol. The summed E-state index contributed by atoms with van der Waals surface area (Å²) in [5.74, 6) is 1.18. The van der Waals surface area contributed by atoms with E-state index in [9.17, 15) is 5.11 Å². The molecule has 6 atom stereocenters. The molecule has 5 rings (SSSR count). The fourth-order valence-corrected chi connectivity index (χ4v) is 8.61. The van der Waals surface area contributed by atoms with Gasteiger partial charge in [-0.15, -0.1) is 0 Å². The lowest BCUT2D eigenvalue weighted by Gasteiger charge is -2.56. The Morgan fingerprint density at radius 1 is 1.23 bits per heavy atom. The summed E-state index contributed by atoms with van der Waals surface area (Å²) in [6.07, 6.45) is 12.0. The van der Waals surface area contributed by atoms with Gasteiger partial charge >= 0.3 is 0 Å². The average Bonchev–Trinajstić information content (AvgIpc) is 3.13. The number of aliphatic hydroxyl groups excluding tert-OH is 1. The SMILES string of the molecule is C[C@H]1C[C@@H]2[C@]34CCC=C[C@H]3C[C@](CO)(C[C@@]2(O[Si](C)(C)C)C1=Cc1ccccc1)O4. The van der Waals surface area contributed by atoms with Crippen LogP contribution >= 0.6 is 0 Å². The van der Waals surface area contributed by atoms with E-state index in [0.29, 0.717) is 17.8 Å². The number of aliphatic hydroxyl groups is 1. The zero-order valence-electron chi connectivity index (χ0n) is 18.9. The van der Waals surface area contributed by atoms with Crippen molar-refractivity contribution in [2.75, 3.05) is 6.61 Å². The molecule has 162 valence electrons. The highest BCUT2D eigenvalue weighted by Crippen LogP contribution is 2.68. The summed E-state index contributed by atoms with van der Waals surface area (Å²) in [6, 6.07) is 10.7. The van der Waals surface area contributed by atoms with Gasteiger partial charge in [-0.25, -0.2) is 0 Å². The van der Waals surface area contributed by atoms with E-state index >= 15 is 0 Å². The van der Waals surface area contributed by atoms with Crippen LogP contribution in [0.4, 0.5) is 0 Å². The highest BCUT2D eigenvalue weighted by Gasteiger charge is 2.73. The molecule has 1 N–H and O–H groups in total. The summed E-state index contributed by atoms with van der Waals surface area (Å²) in [5.41, 5.74) is 1.65. The first kappa shape index (κ1) is 20.7. The number of hydrogen-bond donors (Lipinski definition) is 1. The summed E-state index contributed by atoms with van der Waals surface area (Å²) >= 11 is 0. The quantitative estimate of drug-likeness (QED) is 0.507. The predicted octanol–water partition coefficient (Wildman–Crippen LogP) is 5.58. The van der Waals surface area contributed by atoms with Crippen LogP contribution in [0.5, 0.6) is 0 Å². The lowest BCUT2D eigenvalue weighted by Crippen LogP contribution is -2.63. The van der Waals surface area contributed by atoms with E-state index in [2.05, 4.69) is 75.1 Å². The van der Waals surface area contributed by atoms with Crippen molar-refractivity contribution >= 4 is 14.4 Å². The van der Waals surface area contributed by atoms with Gasteiger partial charge in [0.05, 0.1) is 23.4 Å². The summed E-state index contributed by atoms with van der Waals surface area (Å²) in [5, 5.41) is 10.6. The fraction of sp³-hybridized carbons (Fsp3) is 0.615. The maximum atomic E-state index is 10.6. The largest absolute Gasteiger partial charge is 0.408 e. The number of rotatable bonds is 4. The molecule has 1 aromatic rings. The predicted molar refractivity (Wildman–Crippen MR) is 124 cm³/mol. The summed E-state index contributed by atoms with van der Waals surface area (Å²) in [4.78, 5) is 0. The van der Waals surface area contributed by atoms with E-state index in [0.717, 1.165) is 32.1 Å². The molecule has 2 heterocycles. The Kier molecular flexibility index (Phi) is 4.76. The van der Waals surface area contributed by atoms with Crippen LogP contribution in [0.15, 0.2) is 48.1 Å². The van der Waals surface area contributed by atoms with Crippen molar-refractivity contribution in [1.82, 2.24) is 0 Å². The highest BCUT2D eigenvalue weighted by atomic mass is 28.4. The molecule has 3 fully saturated rings. The van der Waals surface area contributed by atoms with Gasteiger partial charge in [-0.2, -0.15) is 0 Å². The molecule has 3 nitrogen and oxygen atoms in total. The van der Waals surface area contributed by atoms with Crippen LogP contribution < -0.4 is 0 Å². The maximum Gasteiger partial charge on any atom is 0.184 e. The Bertz CT molecular complexity index is 872. The summed E-state index contributed by atoms with van der Waals surface area (Å²) in [7, 11) is -1.86. The van der Waals surface area contributed by atoms with Crippen LogP contribution in [-0.2, 0) is 9.16 Å². The molecule has 1 saturated carbocycles. The topological polar surface area (TPSA) is 38.7 Å². The van der Waals surface area contributed by atoms with E-state index in [1.165, 1.54) is 11.1 Å². The molecule has 2 saturated heterocycles. The van der Waals surface area contributed by atoms with Crippen molar-refractivity contribution in [3.63, 3.8) is 0 Å². The minimum atomic E-state index is -1.86. The van der Waals surface area contributed by atoms with Crippen molar-refractivity contribution in [2.24, 2.45) is 17.8 Å². The normalized spacial score (nSPS) is 43.6. The first-order valence-corrected chi connectivity index (χ1v) is 15.1. The monoisotopic (exact) mass is 424 g/mol. The van der Waals surface area contributed by atoms with Gasteiger partial charge in [0, 0.05) is 18.3 Å². The van der Waals surface area contributed by atoms with E-state index in [4.69, 9.17) is 9.16 Å². The minimum absolute atomic E-state index is 0.0790. The van der Waals surface area contributed by atoms with E-state index < -0.39 is 13.9 Å². The number of fused-ring (bicyclic) bond motifs is 2. The summed E-state index contributed by atoms with van der Waals surface area (Å²) in [6.45, 7) is 9.37. The van der Waals surface area contributed by atoms with Gasteiger partial charge < -0.3 is 14.3 Å². The van der Waals surface area contributed by atoms with Crippen LogP contribution in [0.25, 0.3) is 6.08 Å². The van der Waals surface area contributed by atoms with Crippen molar-refractivity contribution in [3.05, 3.63) is 53.6 Å². The second-order valence-corrected chi connectivity index (χ2v) is 15.6. The molecule has 1 aromatic carbocycles. The van der Waals surface area contributed by atoms with Crippen LogP contribution in [0.1, 0.15) is 44.6 Å². The molecule has 4 heteroatoms. The Hall–Kier alpha value is -1.20. The van der Waals surface area contributed by atoms with E-state index in [1.807, 2.05) is 0 Å². The van der Waals surface area contributed by atoms with Gasteiger partial charge in [0.2, 0.25) is 0 Å². The first-order valence-electron chi connectivity index (χ1n) is 11.7. The Morgan fingerprint density at radius 3 is 2.70 bits per heavy atom. The fourth-order valence-electron chi connectivity index (χ4n) is 7.19. The first-order chi connectivity index (χ1) is 14.2. The van der Waals surface area contributed by atoms with Crippen LogP contribution in [-0.4, -0.2) is 36.8 Å². The van der Waals surface area contributed by atoms with Gasteiger partial charge in [-0.05, 0) is 62.4 Å². The van der Waals surface area contributed by atoms with Crippen LogP contribution in [0, 0.1) is 17.8 Å². The standard InChI is InChI=1S/C26H36O3Si/c1-19-14-23-25-13-9-8-12-21(25)16-24(18-27,28-25)17-26(23,29-30(2,3)4)22(19)15-20-10-6-5-7-11-20/h5-8,10-12,15,19,21,23,27H,9,13-14,16-18H2,1-4H3/t19-,21-,23+,24+,25-,26+/m0/s1. The maximum absolute atomic E-state index is 10.6. The molecule has 2 bridgehead atoms. The van der Waals surface area contributed by atoms with Crippen molar-refractivity contribution in [2.45, 2.75) is 75.5 Å². The third kappa shape index (κ3) is 3.02. The molecule has 1 spiro atoms. The molecule has 0 unspecified atom stereocenters. The minimum Gasteiger partial charge on any atom is -0.408 e. The third-order valence-corrected chi connectivity index (χ3v) is 8.92. The van der Waals surface area contributed by atoms with Gasteiger partial charge in [-0.1, -0.05) is 55.5 Å². The van der Waals surface area contributed by atoms with E-state index in [1.54, 1.807) is 0 Å². The van der Waals surface area contributed by atoms with Crippen LogP contribution in [0.2, 0.25) is 19.6 Å². The molecule has 2 aliphatic heterocycles. The second-order valence-electron chi connectivity index (χ2n) is 11.2. The van der Waals surface area contributed by atoms with Crippen molar-refractivity contribution < 1.29 is 14.3 Å². The highest BCUT2D eigenvalue weighted by molar-refractivity contribution is 6.69. The molecule has 0 amide bonds. The Labute approximate surface area is 182 Å². The lowest BCUT2D eigenvalue weighted by atomic mass is 9.66. The number of allylic oxidation sites excluding steroid dienone is 1. The zero-order chi connectivity index (χ0) is 21.2. The Balaban J connectivity index is 1.70. The Morgan fingerprint density at radius 2 is 2.00 bits per heavy atom. The molecular formula is C26H36O3Si. The smallest absolute Gasteiger partial charge is 0.184 e. The molecule has 0 radical (unpaired) electrons. The number of benzene rings is 1. The number of ether oxygens (including phenoxy) is 1. The van der Waals surface area contributed by atoms with Gasteiger partial charge in [0.15, 0.2) is 8.32 Å². The third-order valence-electron chi connectivity index (χ3n) is 7.94. The molecule has 2 aliphatic carbocycles. The van der Waals surface area contributed by atoms with E-state index in [-0.39, 0.29) is 17.8 Å². The zero-order valence-corrected chi connectivity index (χ0v) is 19.9. The van der Waals surface area contributed by atoms with Gasteiger partial charge in [0.25, 0.3) is 0 Å². The van der Waals surface area contributed by atoms with Crippen LogP contribution in [0.3, 0.4) is 0 Å². The lowest BCUT2D eigenvalue weighted by molar-refractivity contribution is -0.238.